The van der Waals surface area contributed by atoms with E-state index in [0.717, 1.165) is 94.3 Å². The van der Waals surface area contributed by atoms with E-state index in [1.807, 2.05) is 0 Å². The molecule has 0 aromatic rings. The summed E-state index contributed by atoms with van der Waals surface area (Å²) < 4.78 is 0. The number of hydrogen-bond acceptors (Lipinski definition) is 5. The van der Waals surface area contributed by atoms with Gasteiger partial charge in [-0.1, -0.05) is 175 Å². The SMILES string of the molecule is CC/C(C)=C/CC/C(C)=C/CC1CCCC1O.CCC(C)CCCC(C)CCC1CCCC1=O.CCC(C)CCCC(C)CCC1CCCC1O.CCCCCC1C(=O)CCC1CC(C)=O. The third-order valence-corrected chi connectivity index (χ3v) is 16.7. The largest absolute Gasteiger partial charge is 0.393 e. The number of aliphatic hydroxyl groups is 2. The third kappa shape index (κ3) is 29.4. The fourth-order valence-electron chi connectivity index (χ4n) is 10.9. The van der Waals surface area contributed by atoms with Gasteiger partial charge in [0.1, 0.15) is 17.3 Å². The van der Waals surface area contributed by atoms with E-state index >= 15 is 0 Å². The highest BCUT2D eigenvalue weighted by atomic mass is 16.3. The van der Waals surface area contributed by atoms with Gasteiger partial charge in [-0.15, -0.1) is 0 Å². The van der Waals surface area contributed by atoms with Crippen LogP contribution in [-0.4, -0.2) is 39.8 Å². The van der Waals surface area contributed by atoms with Crippen LogP contribution in [0.3, 0.4) is 0 Å². The molecule has 66 heavy (non-hydrogen) atoms. The Bertz CT molecular complexity index is 1310. The van der Waals surface area contributed by atoms with E-state index in [2.05, 4.69) is 81.4 Å². The molecule has 0 radical (unpaired) electrons. The van der Waals surface area contributed by atoms with E-state index in [9.17, 15) is 24.6 Å². The van der Waals surface area contributed by atoms with Crippen LogP contribution in [-0.2, 0) is 14.4 Å². The molecule has 11 unspecified atom stereocenters. The van der Waals surface area contributed by atoms with Gasteiger partial charge in [-0.05, 0) is 152 Å². The number of hydrogen-bond donors (Lipinski definition) is 2. The molecule has 11 atom stereocenters. The second kappa shape index (κ2) is 38.2. The van der Waals surface area contributed by atoms with Crippen LogP contribution in [0.1, 0.15) is 282 Å². The minimum Gasteiger partial charge on any atom is -0.393 e. The number of rotatable bonds is 28. The zero-order valence-corrected chi connectivity index (χ0v) is 45.8. The quantitative estimate of drug-likeness (QED) is 0.0602. The molecule has 0 spiro atoms. The summed E-state index contributed by atoms with van der Waals surface area (Å²) in [6.45, 7) is 24.4. The number of unbranched alkanes of at least 4 members (excludes halogenated alkanes) is 2. The normalized spacial score (nSPS) is 26.2. The lowest BCUT2D eigenvalue weighted by atomic mass is 9.87. The van der Waals surface area contributed by atoms with E-state index in [1.165, 1.54) is 133 Å². The molecule has 0 saturated heterocycles. The summed E-state index contributed by atoms with van der Waals surface area (Å²) in [4.78, 5) is 34.2. The lowest BCUT2D eigenvalue weighted by Gasteiger charge is -2.18. The molecule has 4 rings (SSSR count). The fourth-order valence-corrected chi connectivity index (χ4v) is 10.9. The van der Waals surface area contributed by atoms with Crippen molar-refractivity contribution in [2.24, 2.45) is 53.3 Å². The minimum atomic E-state index is -0.0405. The van der Waals surface area contributed by atoms with Crippen LogP contribution >= 0.6 is 0 Å². The first-order valence-corrected chi connectivity index (χ1v) is 28.8. The van der Waals surface area contributed by atoms with Crippen molar-refractivity contribution in [1.29, 1.82) is 0 Å². The highest BCUT2D eigenvalue weighted by Crippen LogP contribution is 2.36. The summed E-state index contributed by atoms with van der Waals surface area (Å²) in [5.41, 5.74) is 2.97. The number of Topliss-reactive ketones (excluding diaryl/α,β-unsaturated/α-hetero) is 3. The van der Waals surface area contributed by atoms with Crippen molar-refractivity contribution in [2.45, 2.75) is 294 Å². The van der Waals surface area contributed by atoms with Crippen LogP contribution in [0, 0.1) is 53.3 Å². The van der Waals surface area contributed by atoms with Crippen molar-refractivity contribution in [3.05, 3.63) is 23.3 Å². The predicted octanol–water partition coefficient (Wildman–Crippen LogP) is 17.5. The van der Waals surface area contributed by atoms with E-state index in [0.29, 0.717) is 48.1 Å². The summed E-state index contributed by atoms with van der Waals surface area (Å²) in [6.07, 6.45) is 42.1. The maximum Gasteiger partial charge on any atom is 0.136 e. The van der Waals surface area contributed by atoms with Gasteiger partial charge in [0, 0.05) is 31.1 Å². The Morgan fingerprint density at radius 2 is 1.15 bits per heavy atom. The molecule has 4 aliphatic rings. The van der Waals surface area contributed by atoms with Crippen molar-refractivity contribution in [3.63, 3.8) is 0 Å². The molecule has 2 N–H and O–H groups in total. The van der Waals surface area contributed by atoms with E-state index in [4.69, 9.17) is 0 Å². The summed E-state index contributed by atoms with van der Waals surface area (Å²) in [6, 6.07) is 0. The van der Waals surface area contributed by atoms with Crippen molar-refractivity contribution < 1.29 is 24.6 Å². The summed E-state index contributed by atoms with van der Waals surface area (Å²) >= 11 is 0. The second-order valence-electron chi connectivity index (χ2n) is 22.8. The van der Waals surface area contributed by atoms with Gasteiger partial charge >= 0.3 is 0 Å². The molecular weight excluding hydrogens is 813 g/mol. The predicted molar refractivity (Wildman–Crippen MR) is 285 cm³/mol. The van der Waals surface area contributed by atoms with E-state index < -0.39 is 0 Å². The van der Waals surface area contributed by atoms with Gasteiger partial charge < -0.3 is 15.0 Å². The molecule has 0 amide bonds. The van der Waals surface area contributed by atoms with Crippen LogP contribution in [0.5, 0.6) is 0 Å². The van der Waals surface area contributed by atoms with Crippen LogP contribution < -0.4 is 0 Å². The molecule has 5 heteroatoms. The zero-order valence-electron chi connectivity index (χ0n) is 45.8. The summed E-state index contributed by atoms with van der Waals surface area (Å²) in [7, 11) is 0. The molecular formula is C61H112O5. The van der Waals surface area contributed by atoms with Gasteiger partial charge in [-0.25, -0.2) is 0 Å². The smallest absolute Gasteiger partial charge is 0.136 e. The molecule has 4 fully saturated rings. The van der Waals surface area contributed by atoms with Gasteiger partial charge in [0.25, 0.3) is 0 Å². The van der Waals surface area contributed by atoms with Crippen LogP contribution in [0.2, 0.25) is 0 Å². The zero-order chi connectivity index (χ0) is 49.3. The minimum absolute atomic E-state index is 0.0160. The highest BCUT2D eigenvalue weighted by Gasteiger charge is 2.34. The van der Waals surface area contributed by atoms with Crippen LogP contribution in [0.15, 0.2) is 23.3 Å². The molecule has 0 bridgehead atoms. The lowest BCUT2D eigenvalue weighted by Crippen LogP contribution is -2.17. The lowest BCUT2D eigenvalue weighted by molar-refractivity contribution is -0.122. The monoisotopic (exact) mass is 925 g/mol. The number of aliphatic hydroxyl groups excluding tert-OH is 2. The summed E-state index contributed by atoms with van der Waals surface area (Å²) in [5, 5.41) is 19.5. The van der Waals surface area contributed by atoms with Crippen molar-refractivity contribution >= 4 is 17.3 Å². The molecule has 0 aliphatic heterocycles. The van der Waals surface area contributed by atoms with Gasteiger partial charge in [-0.2, -0.15) is 0 Å². The molecule has 5 nitrogen and oxygen atoms in total. The number of ketones is 3. The third-order valence-electron chi connectivity index (χ3n) is 16.7. The Hall–Kier alpha value is -1.59. The number of carbonyl (C=O) groups excluding carboxylic acids is 3. The second-order valence-corrected chi connectivity index (χ2v) is 22.8. The Morgan fingerprint density at radius 3 is 1.65 bits per heavy atom. The molecule has 386 valence electrons. The Morgan fingerprint density at radius 1 is 0.576 bits per heavy atom. The van der Waals surface area contributed by atoms with Crippen molar-refractivity contribution in [1.82, 2.24) is 0 Å². The van der Waals surface area contributed by atoms with Gasteiger partial charge in [-0.3, -0.25) is 9.59 Å². The fraction of sp³-hybridized carbons (Fsp3) is 0.885. The van der Waals surface area contributed by atoms with Crippen molar-refractivity contribution in [3.8, 4) is 0 Å². The Balaban J connectivity index is 0.000000441. The molecule has 0 aromatic heterocycles. The molecule has 4 saturated carbocycles. The van der Waals surface area contributed by atoms with E-state index in [1.54, 1.807) is 6.92 Å². The highest BCUT2D eigenvalue weighted by molar-refractivity contribution is 5.85. The Kier molecular flexibility index (Phi) is 36.1. The van der Waals surface area contributed by atoms with Crippen molar-refractivity contribution in [2.75, 3.05) is 0 Å². The van der Waals surface area contributed by atoms with E-state index in [-0.39, 0.29) is 23.9 Å². The molecule has 0 aromatic carbocycles. The van der Waals surface area contributed by atoms with Gasteiger partial charge in [0.2, 0.25) is 0 Å². The van der Waals surface area contributed by atoms with Crippen LogP contribution in [0.4, 0.5) is 0 Å². The average Bonchev–Trinajstić information content (AvgIpc) is 4.10. The molecule has 0 heterocycles. The maximum atomic E-state index is 11.6. The first kappa shape index (κ1) is 62.4. The first-order chi connectivity index (χ1) is 31.5. The molecule has 4 aliphatic carbocycles. The first-order valence-electron chi connectivity index (χ1n) is 28.8. The van der Waals surface area contributed by atoms with Gasteiger partial charge in [0.15, 0.2) is 0 Å². The van der Waals surface area contributed by atoms with Gasteiger partial charge in [0.05, 0.1) is 12.2 Å². The Labute approximate surface area is 410 Å². The maximum absolute atomic E-state index is 11.6. The summed E-state index contributed by atoms with van der Waals surface area (Å²) in [5.74, 6) is 6.74. The average molecular weight is 926 g/mol. The standard InChI is InChI=1S/C16H32O.C16H30O.C16H28O.C13H22O2/c3*1-4-13(2)7-5-8-14(3)11-12-15-9-6-10-16(15)17;1-3-4-5-6-12-11(9-10(2)14)7-8-13(12)15/h13-17H,4-12H2,1-3H3;13-15H,4-12H2,1-3H3;7,11,15-17H,4-6,8-10,12H2,1-3H3;11-12H,3-9H2,1-2H3/b;;13-7+,14-11+;. The van der Waals surface area contributed by atoms with Crippen LogP contribution in [0.25, 0.3) is 0 Å². The number of allylic oxidation sites excluding steroid dienone is 4. The number of carbonyl (C=O) groups is 3. The topological polar surface area (TPSA) is 91.7 Å².